The number of hydrogen-bond acceptors (Lipinski definition) is 4. The van der Waals surface area contributed by atoms with Gasteiger partial charge in [-0.05, 0) is 12.1 Å². The van der Waals surface area contributed by atoms with Gasteiger partial charge in [0.25, 0.3) is 0 Å². The second kappa shape index (κ2) is 8.35. The van der Waals surface area contributed by atoms with Crippen molar-refractivity contribution in [2.75, 3.05) is 33.4 Å². The van der Waals surface area contributed by atoms with E-state index < -0.39 is 0 Å². The first kappa shape index (κ1) is 13.2. The number of nitrogens with two attached hydrogens (primary N) is 1. The van der Waals surface area contributed by atoms with Crippen LogP contribution in [0.3, 0.4) is 0 Å². The van der Waals surface area contributed by atoms with E-state index in [2.05, 4.69) is 15.3 Å². The Hall–Kier alpha value is -1.82. The molecule has 3 N–H and O–H groups in total. The van der Waals surface area contributed by atoms with Gasteiger partial charge < -0.3 is 20.5 Å². The molecule has 6 heteroatoms. The summed E-state index contributed by atoms with van der Waals surface area (Å²) in [7, 11) is 1.63. The quantitative estimate of drug-likeness (QED) is 0.397. The normalized spacial score (nSPS) is 11.2. The summed E-state index contributed by atoms with van der Waals surface area (Å²) in [6.45, 7) is 2.22. The summed E-state index contributed by atoms with van der Waals surface area (Å²) in [6.07, 6.45) is 3.36. The van der Waals surface area contributed by atoms with Crippen molar-refractivity contribution in [2.24, 2.45) is 10.7 Å². The van der Waals surface area contributed by atoms with Gasteiger partial charge in [0.05, 0.1) is 25.9 Å². The van der Waals surface area contributed by atoms with Crippen LogP contribution in [0.4, 0.5) is 0 Å². The first-order valence-electron chi connectivity index (χ1n) is 5.38. The average Bonchev–Trinajstić information content (AvgIpc) is 2.36. The van der Waals surface area contributed by atoms with Crippen molar-refractivity contribution < 1.29 is 9.47 Å². The molecule has 0 aromatic carbocycles. The zero-order chi connectivity index (χ0) is 12.3. The standard InChI is InChI=1S/C11H18N4O2/c1-16-7-5-14-11(12)15-6-8-17-10-3-2-4-13-9-10/h2-4,9H,5-8H2,1H3,(H3,12,14,15). The molecular formula is C11H18N4O2. The number of guanidine groups is 1. The van der Waals surface area contributed by atoms with Crippen LogP contribution < -0.4 is 15.8 Å². The fourth-order valence-electron chi connectivity index (χ4n) is 1.09. The third-order valence-electron chi connectivity index (χ3n) is 1.89. The van der Waals surface area contributed by atoms with Crippen LogP contribution in [0, 0.1) is 0 Å². The summed E-state index contributed by atoms with van der Waals surface area (Å²) < 4.78 is 10.3. The molecule has 0 saturated heterocycles. The summed E-state index contributed by atoms with van der Waals surface area (Å²) in [5.74, 6) is 1.14. The smallest absolute Gasteiger partial charge is 0.188 e. The van der Waals surface area contributed by atoms with Crippen LogP contribution in [0.15, 0.2) is 29.5 Å². The van der Waals surface area contributed by atoms with E-state index >= 15 is 0 Å². The first-order valence-corrected chi connectivity index (χ1v) is 5.38. The van der Waals surface area contributed by atoms with Crippen molar-refractivity contribution in [2.45, 2.75) is 0 Å². The monoisotopic (exact) mass is 238 g/mol. The van der Waals surface area contributed by atoms with Crippen LogP contribution >= 0.6 is 0 Å². The van der Waals surface area contributed by atoms with Gasteiger partial charge in [-0.1, -0.05) is 0 Å². The van der Waals surface area contributed by atoms with Crippen LogP contribution in [-0.4, -0.2) is 44.4 Å². The molecule has 0 aliphatic rings. The van der Waals surface area contributed by atoms with E-state index in [1.807, 2.05) is 12.1 Å². The number of aromatic nitrogens is 1. The summed E-state index contributed by atoms with van der Waals surface area (Å²) in [5.41, 5.74) is 5.61. The van der Waals surface area contributed by atoms with E-state index in [9.17, 15) is 0 Å². The van der Waals surface area contributed by atoms with Crippen molar-refractivity contribution in [1.29, 1.82) is 0 Å². The lowest BCUT2D eigenvalue weighted by molar-refractivity contribution is 0.208. The van der Waals surface area contributed by atoms with Gasteiger partial charge in [0, 0.05) is 13.3 Å². The molecule has 0 spiro atoms. The Bertz CT molecular complexity index is 330. The van der Waals surface area contributed by atoms with Crippen molar-refractivity contribution in [3.8, 4) is 5.75 Å². The third-order valence-corrected chi connectivity index (χ3v) is 1.89. The maximum atomic E-state index is 5.61. The van der Waals surface area contributed by atoms with Gasteiger partial charge in [0.2, 0.25) is 0 Å². The predicted octanol–water partition coefficient (Wildman–Crippen LogP) is 0.0111. The molecule has 0 aliphatic heterocycles. The summed E-state index contributed by atoms with van der Waals surface area (Å²) in [5, 5.41) is 2.94. The minimum atomic E-state index is 0.400. The highest BCUT2D eigenvalue weighted by molar-refractivity contribution is 5.77. The number of ether oxygens (including phenoxy) is 2. The Labute approximate surface area is 101 Å². The Kier molecular flexibility index (Phi) is 6.50. The lowest BCUT2D eigenvalue weighted by atomic mass is 10.5. The van der Waals surface area contributed by atoms with Gasteiger partial charge in [-0.25, -0.2) is 0 Å². The average molecular weight is 238 g/mol. The second-order valence-corrected chi connectivity index (χ2v) is 3.22. The summed E-state index contributed by atoms with van der Waals surface area (Å²) >= 11 is 0. The largest absolute Gasteiger partial charge is 0.490 e. The van der Waals surface area contributed by atoms with E-state index in [4.69, 9.17) is 15.2 Å². The highest BCUT2D eigenvalue weighted by atomic mass is 16.5. The van der Waals surface area contributed by atoms with Gasteiger partial charge in [-0.2, -0.15) is 0 Å². The highest BCUT2D eigenvalue weighted by Crippen LogP contribution is 2.04. The van der Waals surface area contributed by atoms with Crippen molar-refractivity contribution in [3.05, 3.63) is 24.5 Å². The van der Waals surface area contributed by atoms with Crippen LogP contribution in [-0.2, 0) is 4.74 Å². The molecule has 94 valence electrons. The molecule has 0 atom stereocenters. The van der Waals surface area contributed by atoms with Crippen molar-refractivity contribution >= 4 is 5.96 Å². The molecule has 17 heavy (non-hydrogen) atoms. The van der Waals surface area contributed by atoms with Crippen LogP contribution in [0.25, 0.3) is 0 Å². The maximum absolute atomic E-state index is 5.61. The lowest BCUT2D eigenvalue weighted by Crippen LogP contribution is -2.35. The summed E-state index contributed by atoms with van der Waals surface area (Å²) in [4.78, 5) is 7.99. The Morgan fingerprint density at radius 1 is 1.53 bits per heavy atom. The molecule has 0 saturated carbocycles. The molecule has 0 unspecified atom stereocenters. The number of rotatable bonds is 7. The highest BCUT2D eigenvalue weighted by Gasteiger charge is 1.93. The molecule has 0 bridgehead atoms. The van der Waals surface area contributed by atoms with Gasteiger partial charge >= 0.3 is 0 Å². The molecule has 1 rings (SSSR count). The van der Waals surface area contributed by atoms with Gasteiger partial charge in [-0.3, -0.25) is 9.98 Å². The lowest BCUT2D eigenvalue weighted by Gasteiger charge is -2.07. The summed E-state index contributed by atoms with van der Waals surface area (Å²) in [6, 6.07) is 3.67. The zero-order valence-electron chi connectivity index (χ0n) is 9.93. The third kappa shape index (κ3) is 6.36. The van der Waals surface area contributed by atoms with Gasteiger partial charge in [0.15, 0.2) is 5.96 Å². The fraction of sp³-hybridized carbons (Fsp3) is 0.455. The topological polar surface area (TPSA) is 81.8 Å². The van der Waals surface area contributed by atoms with Crippen LogP contribution in [0.5, 0.6) is 5.75 Å². The fourth-order valence-corrected chi connectivity index (χ4v) is 1.09. The molecule has 1 aromatic heterocycles. The Morgan fingerprint density at radius 3 is 3.12 bits per heavy atom. The van der Waals surface area contributed by atoms with Gasteiger partial charge in [-0.15, -0.1) is 0 Å². The molecule has 1 heterocycles. The number of nitrogens with one attached hydrogen (secondary N) is 1. The van der Waals surface area contributed by atoms with Crippen molar-refractivity contribution in [1.82, 2.24) is 10.3 Å². The minimum absolute atomic E-state index is 0.400. The van der Waals surface area contributed by atoms with Crippen LogP contribution in [0.2, 0.25) is 0 Å². The molecular weight excluding hydrogens is 220 g/mol. The predicted molar refractivity (Wildman–Crippen MR) is 66.1 cm³/mol. The van der Waals surface area contributed by atoms with Crippen molar-refractivity contribution in [3.63, 3.8) is 0 Å². The Morgan fingerprint density at radius 2 is 2.41 bits per heavy atom. The molecule has 0 amide bonds. The van der Waals surface area contributed by atoms with E-state index in [1.54, 1.807) is 19.5 Å². The minimum Gasteiger partial charge on any atom is -0.490 e. The molecule has 1 aromatic rings. The van der Waals surface area contributed by atoms with E-state index in [-0.39, 0.29) is 0 Å². The zero-order valence-corrected chi connectivity index (χ0v) is 9.93. The Balaban J connectivity index is 2.09. The van der Waals surface area contributed by atoms with E-state index in [0.29, 0.717) is 32.3 Å². The SMILES string of the molecule is COCCN=C(N)NCCOc1cccnc1. The molecule has 0 fully saturated rings. The second-order valence-electron chi connectivity index (χ2n) is 3.22. The number of methoxy groups -OCH3 is 1. The number of aliphatic imine (C=N–C) groups is 1. The van der Waals surface area contributed by atoms with Crippen LogP contribution in [0.1, 0.15) is 0 Å². The number of pyridine rings is 1. The first-order chi connectivity index (χ1) is 8.33. The number of nitrogens with zero attached hydrogens (tertiary/aromatic N) is 2. The molecule has 0 radical (unpaired) electrons. The van der Waals surface area contributed by atoms with E-state index in [1.165, 1.54) is 0 Å². The number of hydrogen-bond donors (Lipinski definition) is 2. The molecule has 6 nitrogen and oxygen atoms in total. The molecule has 0 aliphatic carbocycles. The van der Waals surface area contributed by atoms with Gasteiger partial charge in [0.1, 0.15) is 12.4 Å². The van der Waals surface area contributed by atoms with E-state index in [0.717, 1.165) is 5.75 Å². The maximum Gasteiger partial charge on any atom is 0.188 e.